The van der Waals surface area contributed by atoms with Crippen molar-refractivity contribution in [3.05, 3.63) is 59.9 Å². The van der Waals surface area contributed by atoms with E-state index >= 15 is 0 Å². The third-order valence-corrected chi connectivity index (χ3v) is 4.20. The highest BCUT2D eigenvalue weighted by atomic mass is 16.7. The second kappa shape index (κ2) is 7.77. The first kappa shape index (κ1) is 16.9. The van der Waals surface area contributed by atoms with Crippen molar-refractivity contribution in [1.82, 2.24) is 25.8 Å². The van der Waals surface area contributed by atoms with Gasteiger partial charge in [-0.05, 0) is 29.3 Å². The lowest BCUT2D eigenvalue weighted by atomic mass is 10.1. The van der Waals surface area contributed by atoms with E-state index in [4.69, 9.17) is 9.47 Å². The zero-order chi connectivity index (χ0) is 18.5. The van der Waals surface area contributed by atoms with E-state index in [1.165, 1.54) is 6.33 Å². The van der Waals surface area contributed by atoms with Crippen LogP contribution in [0.3, 0.4) is 0 Å². The maximum absolute atomic E-state index is 5.41. The average Bonchev–Trinajstić information content (AvgIpc) is 3.40. The van der Waals surface area contributed by atoms with Gasteiger partial charge in [-0.25, -0.2) is 4.98 Å². The Morgan fingerprint density at radius 3 is 2.67 bits per heavy atom. The summed E-state index contributed by atoms with van der Waals surface area (Å²) in [7, 11) is 1.75. The van der Waals surface area contributed by atoms with Crippen LogP contribution in [0.15, 0.2) is 53.8 Å². The second-order valence-corrected chi connectivity index (χ2v) is 6.00. The molecule has 1 aliphatic rings. The minimum atomic E-state index is 0.280. The first-order valence-electron chi connectivity index (χ1n) is 8.59. The van der Waals surface area contributed by atoms with Gasteiger partial charge in [0, 0.05) is 25.7 Å². The Labute approximate surface area is 156 Å². The molecule has 0 saturated carbocycles. The molecule has 0 bridgehead atoms. The molecule has 3 N–H and O–H groups in total. The van der Waals surface area contributed by atoms with Gasteiger partial charge in [0.15, 0.2) is 23.3 Å². The normalized spacial score (nSPS) is 12.9. The van der Waals surface area contributed by atoms with Gasteiger partial charge in [-0.3, -0.25) is 10.1 Å². The largest absolute Gasteiger partial charge is 0.454 e. The van der Waals surface area contributed by atoms with Crippen LogP contribution in [0, 0.1) is 0 Å². The maximum Gasteiger partial charge on any atom is 0.231 e. The number of rotatable bonds is 5. The molecule has 3 aromatic rings. The number of hydrogen-bond acceptors (Lipinski definition) is 5. The van der Waals surface area contributed by atoms with Crippen LogP contribution in [-0.2, 0) is 13.1 Å². The molecule has 0 amide bonds. The number of benzene rings is 2. The average molecular weight is 364 g/mol. The molecule has 1 aromatic heterocycles. The Morgan fingerprint density at radius 2 is 1.89 bits per heavy atom. The van der Waals surface area contributed by atoms with E-state index in [2.05, 4.69) is 42.9 Å². The molecule has 2 aromatic carbocycles. The molecule has 8 heteroatoms. The molecule has 8 nitrogen and oxygen atoms in total. The van der Waals surface area contributed by atoms with Gasteiger partial charge in [0.05, 0.1) is 0 Å². The molecule has 138 valence electrons. The molecule has 1 aliphatic heterocycles. The third-order valence-electron chi connectivity index (χ3n) is 4.20. The summed E-state index contributed by atoms with van der Waals surface area (Å²) in [4.78, 5) is 8.46. The fraction of sp³-hybridized carbons (Fsp3) is 0.211. The monoisotopic (exact) mass is 364 g/mol. The van der Waals surface area contributed by atoms with Crippen molar-refractivity contribution in [2.24, 2.45) is 4.99 Å². The van der Waals surface area contributed by atoms with Crippen molar-refractivity contribution >= 4 is 5.96 Å². The highest BCUT2D eigenvalue weighted by Crippen LogP contribution is 2.32. The number of hydrogen-bond donors (Lipinski definition) is 3. The minimum Gasteiger partial charge on any atom is -0.454 e. The summed E-state index contributed by atoms with van der Waals surface area (Å²) in [5.74, 6) is 3.04. The number of fused-ring (bicyclic) bond motifs is 1. The molecule has 0 aliphatic carbocycles. The van der Waals surface area contributed by atoms with Crippen LogP contribution in [0.1, 0.15) is 11.1 Å². The summed E-state index contributed by atoms with van der Waals surface area (Å²) in [6.45, 7) is 1.56. The number of nitrogens with one attached hydrogen (secondary N) is 3. The zero-order valence-electron chi connectivity index (χ0n) is 14.9. The van der Waals surface area contributed by atoms with E-state index < -0.39 is 0 Å². The van der Waals surface area contributed by atoms with Gasteiger partial charge in [0.25, 0.3) is 0 Å². The number of aliphatic imine (C=N–C) groups is 1. The zero-order valence-corrected chi connectivity index (χ0v) is 14.9. The van der Waals surface area contributed by atoms with E-state index in [0.717, 1.165) is 40.0 Å². The molecule has 2 heterocycles. The molecule has 0 fully saturated rings. The van der Waals surface area contributed by atoms with E-state index in [9.17, 15) is 0 Å². The summed E-state index contributed by atoms with van der Waals surface area (Å²) >= 11 is 0. The highest BCUT2D eigenvalue weighted by Gasteiger charge is 2.13. The number of ether oxygens (including phenoxy) is 2. The van der Waals surface area contributed by atoms with Gasteiger partial charge >= 0.3 is 0 Å². The molecular formula is C19H20N6O2. The lowest BCUT2D eigenvalue weighted by Crippen LogP contribution is -2.36. The molecular weight excluding hydrogens is 344 g/mol. The summed E-state index contributed by atoms with van der Waals surface area (Å²) in [6, 6.07) is 14.0. The topological polar surface area (TPSA) is 96.5 Å². The van der Waals surface area contributed by atoms with Crippen molar-refractivity contribution in [2.75, 3.05) is 13.8 Å². The molecule has 0 unspecified atom stereocenters. The molecule has 0 spiro atoms. The fourth-order valence-corrected chi connectivity index (χ4v) is 2.82. The third kappa shape index (κ3) is 4.00. The van der Waals surface area contributed by atoms with Crippen molar-refractivity contribution in [3.8, 4) is 22.9 Å². The van der Waals surface area contributed by atoms with Crippen molar-refractivity contribution in [2.45, 2.75) is 13.1 Å². The number of aromatic amines is 1. The van der Waals surface area contributed by atoms with Gasteiger partial charge in [-0.1, -0.05) is 24.3 Å². The first-order valence-corrected chi connectivity index (χ1v) is 8.59. The van der Waals surface area contributed by atoms with Crippen LogP contribution in [0.4, 0.5) is 0 Å². The Hall–Kier alpha value is -3.55. The number of aromatic nitrogens is 3. The van der Waals surface area contributed by atoms with Crippen LogP contribution in [0.2, 0.25) is 0 Å². The molecule has 27 heavy (non-hydrogen) atoms. The van der Waals surface area contributed by atoms with Crippen molar-refractivity contribution in [3.63, 3.8) is 0 Å². The predicted octanol–water partition coefficient (Wildman–Crippen LogP) is 2.07. The van der Waals surface area contributed by atoms with Gasteiger partial charge < -0.3 is 20.1 Å². The van der Waals surface area contributed by atoms with Crippen LogP contribution in [-0.4, -0.2) is 35.0 Å². The first-order chi connectivity index (χ1) is 13.3. The minimum absolute atomic E-state index is 0.280. The smallest absolute Gasteiger partial charge is 0.231 e. The lowest BCUT2D eigenvalue weighted by Gasteiger charge is -2.12. The van der Waals surface area contributed by atoms with E-state index in [1.54, 1.807) is 7.05 Å². The molecule has 0 saturated heterocycles. The Kier molecular flexibility index (Phi) is 4.86. The van der Waals surface area contributed by atoms with Gasteiger partial charge in [-0.15, -0.1) is 0 Å². The quantitative estimate of drug-likeness (QED) is 0.474. The number of nitrogens with zero attached hydrogens (tertiary/aromatic N) is 3. The number of H-pyrrole nitrogens is 1. The van der Waals surface area contributed by atoms with Gasteiger partial charge in [0.1, 0.15) is 6.33 Å². The van der Waals surface area contributed by atoms with Crippen molar-refractivity contribution in [1.29, 1.82) is 0 Å². The molecule has 4 rings (SSSR count). The summed E-state index contributed by atoms with van der Waals surface area (Å²) < 4.78 is 10.7. The van der Waals surface area contributed by atoms with Gasteiger partial charge in [0.2, 0.25) is 6.79 Å². The standard InChI is InChI=1S/C19H20N6O2/c1-20-19(22-10-14-5-6-16-17(8-14)27-12-26-16)21-9-13-3-2-4-15(7-13)18-23-11-24-25-18/h2-8,11H,9-10,12H2,1H3,(H2,20,21,22)(H,23,24,25). The fourth-order valence-electron chi connectivity index (χ4n) is 2.82. The van der Waals surface area contributed by atoms with Gasteiger partial charge in [-0.2, -0.15) is 5.10 Å². The van der Waals surface area contributed by atoms with Crippen LogP contribution in [0.25, 0.3) is 11.4 Å². The summed E-state index contributed by atoms with van der Waals surface area (Å²) in [5, 5.41) is 13.4. The van der Waals surface area contributed by atoms with Crippen LogP contribution >= 0.6 is 0 Å². The Balaban J connectivity index is 1.34. The highest BCUT2D eigenvalue weighted by molar-refractivity contribution is 5.79. The predicted molar refractivity (Wildman–Crippen MR) is 101 cm³/mol. The number of guanidine groups is 1. The van der Waals surface area contributed by atoms with Crippen molar-refractivity contribution < 1.29 is 9.47 Å². The van der Waals surface area contributed by atoms with Crippen LogP contribution in [0.5, 0.6) is 11.5 Å². The summed E-state index contributed by atoms with van der Waals surface area (Å²) in [5.41, 5.74) is 3.21. The Bertz CT molecular complexity index is 939. The SMILES string of the molecule is CN=C(NCc1cccc(-c2ncn[nH]2)c1)NCc1ccc2c(c1)OCO2. The second-order valence-electron chi connectivity index (χ2n) is 6.00. The van der Waals surface area contributed by atoms with E-state index in [1.807, 2.05) is 30.3 Å². The van der Waals surface area contributed by atoms with E-state index in [-0.39, 0.29) is 6.79 Å². The molecule has 0 atom stereocenters. The molecule has 0 radical (unpaired) electrons. The lowest BCUT2D eigenvalue weighted by molar-refractivity contribution is 0.174. The maximum atomic E-state index is 5.41. The Morgan fingerprint density at radius 1 is 1.07 bits per heavy atom. The van der Waals surface area contributed by atoms with E-state index in [0.29, 0.717) is 13.1 Å². The summed E-state index contributed by atoms with van der Waals surface area (Å²) in [6.07, 6.45) is 1.50. The van der Waals surface area contributed by atoms with Crippen LogP contribution < -0.4 is 20.1 Å².